The molecule has 8 heteroatoms. The van der Waals surface area contributed by atoms with Crippen LogP contribution in [0.3, 0.4) is 0 Å². The first-order chi connectivity index (χ1) is 16.5. The quantitative estimate of drug-likeness (QED) is 0.340. The molecule has 34 heavy (non-hydrogen) atoms. The summed E-state index contributed by atoms with van der Waals surface area (Å²) in [6.45, 7) is 0. The maximum atomic E-state index is 13.6. The Hall–Kier alpha value is -4.07. The van der Waals surface area contributed by atoms with Gasteiger partial charge in [-0.15, -0.1) is 0 Å². The van der Waals surface area contributed by atoms with Crippen molar-refractivity contribution in [3.63, 3.8) is 0 Å². The van der Waals surface area contributed by atoms with E-state index in [0.29, 0.717) is 5.69 Å². The van der Waals surface area contributed by atoms with Crippen LogP contribution < -0.4 is 4.90 Å². The maximum absolute atomic E-state index is 13.6. The van der Waals surface area contributed by atoms with Gasteiger partial charge in [-0.05, 0) is 47.4 Å². The van der Waals surface area contributed by atoms with Crippen LogP contribution in [0.15, 0.2) is 71.9 Å². The first-order valence-corrected chi connectivity index (χ1v) is 11.4. The number of benzene rings is 3. The van der Waals surface area contributed by atoms with Gasteiger partial charge in [-0.3, -0.25) is 24.6 Å². The van der Waals surface area contributed by atoms with Crippen molar-refractivity contribution in [3.8, 4) is 0 Å². The van der Waals surface area contributed by atoms with Crippen molar-refractivity contribution in [2.75, 3.05) is 4.90 Å². The normalized spacial score (nSPS) is 30.9. The number of amides is 2. The van der Waals surface area contributed by atoms with Crippen molar-refractivity contribution in [2.24, 2.45) is 34.7 Å². The summed E-state index contributed by atoms with van der Waals surface area (Å²) in [4.78, 5) is 44.9. The number of fused-ring (bicyclic) bond motifs is 9. The van der Waals surface area contributed by atoms with Crippen molar-refractivity contribution in [3.05, 3.63) is 82.4 Å². The minimum atomic E-state index is -0.439. The lowest BCUT2D eigenvalue weighted by Gasteiger charge is -2.29. The Morgan fingerprint density at radius 3 is 2.32 bits per heavy atom. The highest BCUT2D eigenvalue weighted by molar-refractivity contribution is 6.23. The molecule has 8 nitrogen and oxygen atoms in total. The van der Waals surface area contributed by atoms with Gasteiger partial charge in [-0.25, -0.2) is 0 Å². The Labute approximate surface area is 193 Å². The molecule has 1 saturated heterocycles. The number of imide groups is 1. The molecule has 2 aliphatic heterocycles. The van der Waals surface area contributed by atoms with E-state index in [-0.39, 0.29) is 41.4 Å². The highest BCUT2D eigenvalue weighted by atomic mass is 16.6. The van der Waals surface area contributed by atoms with Crippen LogP contribution >= 0.6 is 0 Å². The average Bonchev–Trinajstić information content (AvgIpc) is 3.59. The highest BCUT2D eigenvalue weighted by Gasteiger charge is 2.70. The lowest BCUT2D eigenvalue weighted by molar-refractivity contribution is -0.384. The van der Waals surface area contributed by atoms with Gasteiger partial charge in [-0.2, -0.15) is 0 Å². The van der Waals surface area contributed by atoms with Gasteiger partial charge in [0.25, 0.3) is 5.69 Å². The molecule has 7 rings (SSSR count). The first kappa shape index (κ1) is 19.4. The molecule has 0 unspecified atom stereocenters. The van der Waals surface area contributed by atoms with Crippen LogP contribution in [0.5, 0.6) is 0 Å². The van der Waals surface area contributed by atoms with Crippen LogP contribution in [-0.2, 0) is 14.4 Å². The molecule has 2 heterocycles. The topological polar surface area (TPSA) is 102 Å². The molecule has 3 aromatic carbocycles. The summed E-state index contributed by atoms with van der Waals surface area (Å²) < 4.78 is 0. The minimum Gasteiger partial charge on any atom is -0.391 e. The number of nitrogens with zero attached hydrogens (tertiary/aromatic N) is 3. The van der Waals surface area contributed by atoms with Crippen LogP contribution in [0, 0.1) is 39.7 Å². The Morgan fingerprint density at radius 1 is 0.882 bits per heavy atom. The zero-order valence-electron chi connectivity index (χ0n) is 17.9. The number of carbonyl (C=O) groups is 2. The number of non-ortho nitro benzene ring substituents is 1. The van der Waals surface area contributed by atoms with E-state index in [1.165, 1.54) is 17.0 Å². The second-order valence-electron chi connectivity index (χ2n) is 9.53. The summed E-state index contributed by atoms with van der Waals surface area (Å²) in [7, 11) is 0. The third-order valence-electron chi connectivity index (χ3n) is 8.06. The molecule has 2 aliphatic carbocycles. The monoisotopic (exact) mass is 453 g/mol. The molecule has 2 saturated carbocycles. The van der Waals surface area contributed by atoms with Gasteiger partial charge in [0.15, 0.2) is 0 Å². The zero-order chi connectivity index (χ0) is 23.1. The summed E-state index contributed by atoms with van der Waals surface area (Å²) >= 11 is 0. The van der Waals surface area contributed by atoms with Crippen molar-refractivity contribution in [1.29, 1.82) is 0 Å². The number of hydrogen-bond acceptors (Lipinski definition) is 6. The van der Waals surface area contributed by atoms with Gasteiger partial charge < -0.3 is 4.84 Å². The minimum absolute atomic E-state index is 0.00964. The van der Waals surface area contributed by atoms with Crippen LogP contribution in [0.1, 0.15) is 12.0 Å². The molecule has 0 aromatic heterocycles. The van der Waals surface area contributed by atoms with Gasteiger partial charge in [0.1, 0.15) is 6.10 Å². The predicted octanol–water partition coefficient (Wildman–Crippen LogP) is 3.92. The maximum Gasteiger partial charge on any atom is 0.269 e. The fraction of sp³-hybridized carbons (Fsp3) is 0.269. The van der Waals surface area contributed by atoms with Crippen LogP contribution in [-0.4, -0.2) is 28.6 Å². The van der Waals surface area contributed by atoms with Crippen LogP contribution in [0.2, 0.25) is 0 Å². The number of rotatable bonds is 3. The van der Waals surface area contributed by atoms with E-state index in [2.05, 4.69) is 5.16 Å². The van der Waals surface area contributed by atoms with E-state index in [0.717, 1.165) is 28.5 Å². The third kappa shape index (κ3) is 2.45. The molecule has 0 radical (unpaired) electrons. The molecule has 2 bridgehead atoms. The molecular formula is C26H19N3O5. The lowest BCUT2D eigenvalue weighted by Crippen LogP contribution is -2.41. The fourth-order valence-corrected chi connectivity index (χ4v) is 6.69. The van der Waals surface area contributed by atoms with Crippen LogP contribution in [0.4, 0.5) is 11.4 Å². The standard InChI is InChI=1S/C26H19N3O5/c30-25-20-18-12-19(24-22(18)23(27-34-24)14-6-8-16(9-7-14)29(32)33)21(20)26(31)28(25)17-10-5-13-3-1-2-4-15(13)11-17/h1-11,18-22,24H,12H2/t18-,19-,20+,21-,22-,24-/m1/s1. The summed E-state index contributed by atoms with van der Waals surface area (Å²) in [5, 5.41) is 17.3. The molecule has 3 fully saturated rings. The van der Waals surface area contributed by atoms with E-state index in [4.69, 9.17) is 4.84 Å². The van der Waals surface area contributed by atoms with Gasteiger partial charge >= 0.3 is 0 Å². The molecule has 0 spiro atoms. The molecule has 2 amide bonds. The smallest absolute Gasteiger partial charge is 0.269 e. The molecule has 3 aromatic rings. The number of hydrogen-bond donors (Lipinski definition) is 0. The predicted molar refractivity (Wildman–Crippen MR) is 123 cm³/mol. The fourth-order valence-electron chi connectivity index (χ4n) is 6.69. The Balaban J connectivity index is 1.22. The first-order valence-electron chi connectivity index (χ1n) is 11.4. The second kappa shape index (κ2) is 6.72. The van der Waals surface area contributed by atoms with E-state index in [9.17, 15) is 19.7 Å². The summed E-state index contributed by atoms with van der Waals surface area (Å²) in [5.41, 5.74) is 2.09. The van der Waals surface area contributed by atoms with Gasteiger partial charge in [0, 0.05) is 29.5 Å². The number of carbonyl (C=O) groups excluding carboxylic acids is 2. The molecule has 4 aliphatic rings. The third-order valence-corrected chi connectivity index (χ3v) is 8.06. The summed E-state index contributed by atoms with van der Waals surface area (Å²) in [5.74, 6) is -1.29. The van der Waals surface area contributed by atoms with Crippen molar-refractivity contribution in [2.45, 2.75) is 12.5 Å². The Kier molecular flexibility index (Phi) is 3.84. The SMILES string of the molecule is O=C1[C@@H]2[C@H]3C[C@@H]([C@@H]4C(c5ccc([N+](=O)[O-])cc5)=NO[C@H]34)[C@@H]2C(=O)N1c1ccc2ccccc2c1. The highest BCUT2D eigenvalue weighted by Crippen LogP contribution is 2.62. The Bertz CT molecular complexity index is 1430. The van der Waals surface area contributed by atoms with Gasteiger partial charge in [-0.1, -0.05) is 35.5 Å². The van der Waals surface area contributed by atoms with E-state index in [1.807, 2.05) is 42.5 Å². The van der Waals surface area contributed by atoms with Crippen molar-refractivity contribution in [1.82, 2.24) is 0 Å². The van der Waals surface area contributed by atoms with Gasteiger partial charge in [0.2, 0.25) is 11.8 Å². The van der Waals surface area contributed by atoms with Crippen molar-refractivity contribution >= 4 is 39.7 Å². The van der Waals surface area contributed by atoms with Crippen molar-refractivity contribution < 1.29 is 19.3 Å². The molecular weight excluding hydrogens is 434 g/mol. The van der Waals surface area contributed by atoms with E-state index >= 15 is 0 Å². The lowest BCUT2D eigenvalue weighted by atomic mass is 9.71. The Morgan fingerprint density at radius 2 is 1.59 bits per heavy atom. The van der Waals surface area contributed by atoms with E-state index < -0.39 is 16.8 Å². The molecule has 0 N–H and O–H groups in total. The number of nitro groups is 1. The largest absolute Gasteiger partial charge is 0.391 e. The number of nitro benzene ring substituents is 1. The number of oxime groups is 1. The van der Waals surface area contributed by atoms with Gasteiger partial charge in [0.05, 0.1) is 28.2 Å². The number of anilines is 1. The zero-order valence-corrected chi connectivity index (χ0v) is 17.9. The second-order valence-corrected chi connectivity index (χ2v) is 9.53. The summed E-state index contributed by atoms with van der Waals surface area (Å²) in [6, 6.07) is 19.8. The molecule has 6 atom stereocenters. The van der Waals surface area contributed by atoms with Crippen LogP contribution in [0.25, 0.3) is 10.8 Å². The average molecular weight is 453 g/mol. The molecule has 168 valence electrons. The summed E-state index contributed by atoms with van der Waals surface area (Å²) in [6.07, 6.45) is 0.504. The van der Waals surface area contributed by atoms with E-state index in [1.54, 1.807) is 12.1 Å².